The van der Waals surface area contributed by atoms with Crippen LogP contribution in [0.15, 0.2) is 24.3 Å². The molecule has 1 aliphatic carbocycles. The van der Waals surface area contributed by atoms with Gasteiger partial charge in [-0.25, -0.2) is 4.79 Å². The van der Waals surface area contributed by atoms with E-state index in [9.17, 15) is 14.7 Å². The number of carboxylic acids is 1. The zero-order valence-corrected chi connectivity index (χ0v) is 11.4. The molecule has 0 spiro atoms. The van der Waals surface area contributed by atoms with Crippen LogP contribution in [-0.2, 0) is 11.3 Å². The van der Waals surface area contributed by atoms with Gasteiger partial charge in [-0.1, -0.05) is 31.4 Å². The van der Waals surface area contributed by atoms with Gasteiger partial charge in [-0.2, -0.15) is 0 Å². The van der Waals surface area contributed by atoms with Crippen molar-refractivity contribution in [3.05, 3.63) is 35.4 Å². The average Bonchev–Trinajstić information content (AvgIpc) is 2.48. The third kappa shape index (κ3) is 2.99. The lowest BCUT2D eigenvalue weighted by Crippen LogP contribution is -2.55. The van der Waals surface area contributed by atoms with Crippen LogP contribution < -0.4 is 11.1 Å². The molecule has 2 rings (SSSR count). The fraction of sp³-hybridized carbons (Fsp3) is 0.467. The van der Waals surface area contributed by atoms with Crippen LogP contribution in [0.2, 0.25) is 0 Å². The lowest BCUT2D eigenvalue weighted by Gasteiger charge is -2.34. The third-order valence-electron chi connectivity index (χ3n) is 3.92. The van der Waals surface area contributed by atoms with Gasteiger partial charge in [-0.15, -0.1) is 0 Å². The number of carbonyl (C=O) groups is 2. The van der Waals surface area contributed by atoms with Gasteiger partial charge < -0.3 is 16.2 Å². The topological polar surface area (TPSA) is 92.4 Å². The number of hydrogen-bond acceptors (Lipinski definition) is 3. The number of aliphatic carboxylic acids is 1. The number of hydrogen-bond donors (Lipinski definition) is 3. The summed E-state index contributed by atoms with van der Waals surface area (Å²) < 4.78 is 0. The molecule has 1 fully saturated rings. The zero-order valence-electron chi connectivity index (χ0n) is 11.4. The first-order valence-corrected chi connectivity index (χ1v) is 6.92. The highest BCUT2D eigenvalue weighted by atomic mass is 16.4. The van der Waals surface area contributed by atoms with E-state index in [1.54, 1.807) is 24.3 Å². The second-order valence-electron chi connectivity index (χ2n) is 5.30. The molecule has 0 aromatic heterocycles. The molecule has 0 aliphatic heterocycles. The fourth-order valence-corrected chi connectivity index (χ4v) is 2.63. The van der Waals surface area contributed by atoms with E-state index in [0.29, 0.717) is 24.9 Å². The van der Waals surface area contributed by atoms with Crippen LogP contribution in [0.3, 0.4) is 0 Å². The minimum atomic E-state index is -1.11. The predicted molar refractivity (Wildman–Crippen MR) is 75.3 cm³/mol. The Kier molecular flexibility index (Phi) is 4.39. The fourth-order valence-electron chi connectivity index (χ4n) is 2.63. The molecule has 0 unspecified atom stereocenters. The van der Waals surface area contributed by atoms with Gasteiger partial charge >= 0.3 is 5.97 Å². The summed E-state index contributed by atoms with van der Waals surface area (Å²) in [6.45, 7) is 0.418. The Labute approximate surface area is 118 Å². The van der Waals surface area contributed by atoms with E-state index >= 15 is 0 Å². The normalized spacial score (nSPS) is 17.4. The Bertz CT molecular complexity index is 490. The van der Waals surface area contributed by atoms with Crippen LogP contribution >= 0.6 is 0 Å². The van der Waals surface area contributed by atoms with Crippen LogP contribution in [-0.4, -0.2) is 22.5 Å². The van der Waals surface area contributed by atoms with Crippen molar-refractivity contribution in [3.8, 4) is 0 Å². The number of rotatable bonds is 4. The predicted octanol–water partition coefficient (Wildman–Crippen LogP) is 1.66. The lowest BCUT2D eigenvalue weighted by atomic mass is 9.81. The zero-order chi connectivity index (χ0) is 14.6. The van der Waals surface area contributed by atoms with Gasteiger partial charge in [0.15, 0.2) is 0 Å². The first-order valence-electron chi connectivity index (χ1n) is 6.92. The standard InChI is InChI=1S/C15H20N2O3/c16-10-11-4-6-12(7-5-11)13(18)17-15(14(19)20)8-2-1-3-9-15/h4-7H,1-3,8-10,16H2,(H,17,18)(H,19,20). The van der Waals surface area contributed by atoms with Gasteiger partial charge in [0.1, 0.15) is 5.54 Å². The summed E-state index contributed by atoms with van der Waals surface area (Å²) in [5.41, 5.74) is 5.80. The molecular formula is C15H20N2O3. The number of benzene rings is 1. The Morgan fingerprint density at radius 1 is 1.15 bits per heavy atom. The maximum atomic E-state index is 12.2. The van der Waals surface area contributed by atoms with Gasteiger partial charge in [0, 0.05) is 12.1 Å². The summed E-state index contributed by atoms with van der Waals surface area (Å²) in [5.74, 6) is -1.28. The molecule has 1 amide bonds. The Morgan fingerprint density at radius 3 is 2.25 bits per heavy atom. The molecule has 1 aliphatic rings. The molecule has 1 aromatic carbocycles. The van der Waals surface area contributed by atoms with Gasteiger partial charge in [0.25, 0.3) is 5.91 Å². The molecule has 20 heavy (non-hydrogen) atoms. The van der Waals surface area contributed by atoms with Crippen LogP contribution in [0, 0.1) is 0 Å². The average molecular weight is 276 g/mol. The van der Waals surface area contributed by atoms with Gasteiger partial charge in [0.2, 0.25) is 0 Å². The van der Waals surface area contributed by atoms with Crippen molar-refractivity contribution in [2.45, 2.75) is 44.2 Å². The van der Waals surface area contributed by atoms with E-state index in [1.807, 2.05) is 0 Å². The second-order valence-corrected chi connectivity index (χ2v) is 5.30. The SMILES string of the molecule is NCc1ccc(C(=O)NC2(C(=O)O)CCCCC2)cc1. The molecule has 0 bridgehead atoms. The van der Waals surface area contributed by atoms with E-state index in [1.165, 1.54) is 0 Å². The molecular weight excluding hydrogens is 256 g/mol. The van der Waals surface area contributed by atoms with Gasteiger partial charge in [-0.05, 0) is 30.5 Å². The largest absolute Gasteiger partial charge is 0.480 e. The molecule has 0 atom stereocenters. The number of amides is 1. The third-order valence-corrected chi connectivity index (χ3v) is 3.92. The molecule has 5 nitrogen and oxygen atoms in total. The van der Waals surface area contributed by atoms with Crippen molar-refractivity contribution < 1.29 is 14.7 Å². The molecule has 5 heteroatoms. The molecule has 4 N–H and O–H groups in total. The van der Waals surface area contributed by atoms with Crippen LogP contribution in [0.5, 0.6) is 0 Å². The molecule has 0 heterocycles. The summed E-state index contributed by atoms with van der Waals surface area (Å²) in [6.07, 6.45) is 3.68. The van der Waals surface area contributed by atoms with E-state index < -0.39 is 11.5 Å². The van der Waals surface area contributed by atoms with E-state index in [4.69, 9.17) is 5.73 Å². The summed E-state index contributed by atoms with van der Waals surface area (Å²) in [7, 11) is 0. The summed E-state index contributed by atoms with van der Waals surface area (Å²) in [4.78, 5) is 23.7. The van der Waals surface area contributed by atoms with Gasteiger partial charge in [-0.3, -0.25) is 4.79 Å². The molecule has 0 saturated heterocycles. The van der Waals surface area contributed by atoms with E-state index in [-0.39, 0.29) is 5.91 Å². The van der Waals surface area contributed by atoms with Crippen molar-refractivity contribution in [1.82, 2.24) is 5.32 Å². The first kappa shape index (κ1) is 14.5. The minimum Gasteiger partial charge on any atom is -0.480 e. The first-order chi connectivity index (χ1) is 9.57. The summed E-state index contributed by atoms with van der Waals surface area (Å²) in [6, 6.07) is 6.91. The Balaban J connectivity index is 2.13. The van der Waals surface area contributed by atoms with E-state index in [0.717, 1.165) is 24.8 Å². The van der Waals surface area contributed by atoms with Gasteiger partial charge in [0.05, 0.1) is 0 Å². The molecule has 0 radical (unpaired) electrons. The monoisotopic (exact) mass is 276 g/mol. The number of carbonyl (C=O) groups excluding carboxylic acids is 1. The molecule has 108 valence electrons. The highest BCUT2D eigenvalue weighted by Crippen LogP contribution is 2.28. The number of nitrogens with two attached hydrogens (primary N) is 1. The maximum absolute atomic E-state index is 12.2. The molecule has 1 saturated carbocycles. The number of carboxylic acid groups (broad SMARTS) is 1. The van der Waals surface area contributed by atoms with Crippen molar-refractivity contribution >= 4 is 11.9 Å². The molecule has 1 aromatic rings. The van der Waals surface area contributed by atoms with Crippen LogP contribution in [0.1, 0.15) is 48.0 Å². The number of nitrogens with one attached hydrogen (secondary N) is 1. The minimum absolute atomic E-state index is 0.335. The summed E-state index contributed by atoms with van der Waals surface area (Å²) in [5, 5.41) is 12.2. The van der Waals surface area contributed by atoms with Crippen molar-refractivity contribution in [3.63, 3.8) is 0 Å². The van der Waals surface area contributed by atoms with Crippen molar-refractivity contribution in [1.29, 1.82) is 0 Å². The lowest BCUT2D eigenvalue weighted by molar-refractivity contribution is -0.145. The van der Waals surface area contributed by atoms with Crippen LogP contribution in [0.25, 0.3) is 0 Å². The van der Waals surface area contributed by atoms with E-state index in [2.05, 4.69) is 5.32 Å². The smallest absolute Gasteiger partial charge is 0.329 e. The second kappa shape index (κ2) is 6.05. The Morgan fingerprint density at radius 2 is 1.75 bits per heavy atom. The quantitative estimate of drug-likeness (QED) is 0.779. The Hall–Kier alpha value is -1.88. The van der Waals surface area contributed by atoms with Crippen molar-refractivity contribution in [2.24, 2.45) is 5.73 Å². The maximum Gasteiger partial charge on any atom is 0.329 e. The van der Waals surface area contributed by atoms with Crippen molar-refractivity contribution in [2.75, 3.05) is 0 Å². The highest BCUT2D eigenvalue weighted by molar-refractivity contribution is 5.97. The van der Waals surface area contributed by atoms with Crippen LogP contribution in [0.4, 0.5) is 0 Å². The summed E-state index contributed by atoms with van der Waals surface area (Å²) >= 11 is 0. The highest BCUT2D eigenvalue weighted by Gasteiger charge is 2.41.